The van der Waals surface area contributed by atoms with Crippen LogP contribution in [0.1, 0.15) is 10.4 Å². The summed E-state index contributed by atoms with van der Waals surface area (Å²) in [5.41, 5.74) is 2.01. The first-order chi connectivity index (χ1) is 5.79. The molecule has 0 saturated heterocycles. The fourth-order valence-electron chi connectivity index (χ4n) is 1.28. The number of aromatic nitrogens is 1. The van der Waals surface area contributed by atoms with Crippen LogP contribution in [0.15, 0.2) is 36.7 Å². The fraction of sp³-hybridized carbons (Fsp3) is 0.111. The Hall–Kier alpha value is -0.660. The fourth-order valence-corrected chi connectivity index (χ4v) is 1.65. The standard InChI is InChI=1S/C9H7Cl2N/c10-9(11)7-3-1-5-12-6-2-4-8(7)12/h1-6,9H. The highest BCUT2D eigenvalue weighted by atomic mass is 35.5. The van der Waals surface area contributed by atoms with Crippen molar-refractivity contribution in [2.24, 2.45) is 0 Å². The number of pyridine rings is 1. The molecule has 0 fully saturated rings. The molecule has 0 aliphatic carbocycles. The molecule has 2 rings (SSSR count). The second-order valence-corrected chi connectivity index (χ2v) is 3.66. The highest BCUT2D eigenvalue weighted by Gasteiger charge is 2.06. The first kappa shape index (κ1) is 7.96. The van der Waals surface area contributed by atoms with Gasteiger partial charge >= 0.3 is 0 Å². The summed E-state index contributed by atoms with van der Waals surface area (Å²) in [5, 5.41) is 0. The van der Waals surface area contributed by atoms with Crippen LogP contribution in [0.3, 0.4) is 0 Å². The molecule has 0 spiro atoms. The predicted octanol–water partition coefficient (Wildman–Crippen LogP) is 3.42. The zero-order valence-electron chi connectivity index (χ0n) is 6.24. The molecule has 0 unspecified atom stereocenters. The molecule has 12 heavy (non-hydrogen) atoms. The lowest BCUT2D eigenvalue weighted by Crippen LogP contribution is -1.87. The van der Waals surface area contributed by atoms with Crippen molar-refractivity contribution in [1.82, 2.24) is 4.40 Å². The molecule has 3 heteroatoms. The van der Waals surface area contributed by atoms with Gasteiger partial charge in [-0.1, -0.05) is 29.3 Å². The maximum Gasteiger partial charge on any atom is 0.134 e. The van der Waals surface area contributed by atoms with Crippen LogP contribution in [0.2, 0.25) is 0 Å². The first-order valence-electron chi connectivity index (χ1n) is 3.63. The molecule has 0 N–H and O–H groups in total. The molecule has 2 heterocycles. The molecule has 0 aliphatic rings. The monoisotopic (exact) mass is 199 g/mol. The predicted molar refractivity (Wildman–Crippen MR) is 51.8 cm³/mol. The van der Waals surface area contributed by atoms with Gasteiger partial charge in [0.2, 0.25) is 0 Å². The van der Waals surface area contributed by atoms with Crippen molar-refractivity contribution in [3.8, 4) is 0 Å². The summed E-state index contributed by atoms with van der Waals surface area (Å²) < 4.78 is 1.99. The van der Waals surface area contributed by atoms with E-state index in [9.17, 15) is 0 Å². The van der Waals surface area contributed by atoms with Crippen LogP contribution in [-0.4, -0.2) is 4.40 Å². The third-order valence-electron chi connectivity index (χ3n) is 1.83. The molecular formula is C9H7Cl2N. The van der Waals surface area contributed by atoms with Gasteiger partial charge in [0, 0.05) is 18.0 Å². The van der Waals surface area contributed by atoms with Gasteiger partial charge < -0.3 is 4.40 Å². The number of alkyl halides is 2. The summed E-state index contributed by atoms with van der Waals surface area (Å²) in [6.45, 7) is 0. The van der Waals surface area contributed by atoms with Gasteiger partial charge in [-0.25, -0.2) is 0 Å². The minimum Gasteiger partial charge on any atom is -0.324 e. The highest BCUT2D eigenvalue weighted by molar-refractivity contribution is 6.44. The average Bonchev–Trinajstić information content (AvgIpc) is 2.49. The number of halogens is 2. The normalized spacial score (nSPS) is 11.2. The highest BCUT2D eigenvalue weighted by Crippen LogP contribution is 2.28. The number of rotatable bonds is 1. The van der Waals surface area contributed by atoms with Gasteiger partial charge in [0.25, 0.3) is 0 Å². The Labute approximate surface area is 80.5 Å². The zero-order valence-corrected chi connectivity index (χ0v) is 7.76. The van der Waals surface area contributed by atoms with Crippen molar-refractivity contribution in [3.63, 3.8) is 0 Å². The van der Waals surface area contributed by atoms with Gasteiger partial charge in [-0.3, -0.25) is 0 Å². The van der Waals surface area contributed by atoms with Crippen LogP contribution < -0.4 is 0 Å². The smallest absolute Gasteiger partial charge is 0.134 e. The molecule has 62 valence electrons. The Morgan fingerprint density at radius 1 is 1.08 bits per heavy atom. The zero-order chi connectivity index (χ0) is 8.55. The Balaban J connectivity index is 2.73. The summed E-state index contributed by atoms with van der Waals surface area (Å²) in [6.07, 6.45) is 3.93. The van der Waals surface area contributed by atoms with Crippen molar-refractivity contribution in [1.29, 1.82) is 0 Å². The molecule has 1 nitrogen and oxygen atoms in total. The quantitative estimate of drug-likeness (QED) is 0.621. The van der Waals surface area contributed by atoms with Crippen LogP contribution in [0.5, 0.6) is 0 Å². The van der Waals surface area contributed by atoms with E-state index in [2.05, 4.69) is 0 Å². The van der Waals surface area contributed by atoms with E-state index in [4.69, 9.17) is 23.2 Å². The lowest BCUT2D eigenvalue weighted by atomic mass is 10.2. The maximum atomic E-state index is 5.79. The van der Waals surface area contributed by atoms with Crippen molar-refractivity contribution in [2.75, 3.05) is 0 Å². The lowest BCUT2D eigenvalue weighted by molar-refractivity contribution is 1.17. The Morgan fingerprint density at radius 3 is 2.42 bits per heavy atom. The minimum atomic E-state index is -0.455. The molecule has 0 aromatic carbocycles. The van der Waals surface area contributed by atoms with Crippen LogP contribution in [0.4, 0.5) is 0 Å². The molecule has 0 saturated carbocycles. The van der Waals surface area contributed by atoms with E-state index >= 15 is 0 Å². The van der Waals surface area contributed by atoms with Gasteiger partial charge in [0.1, 0.15) is 4.84 Å². The van der Waals surface area contributed by atoms with Crippen LogP contribution in [0, 0.1) is 0 Å². The number of hydrogen-bond donors (Lipinski definition) is 0. The number of fused-ring (bicyclic) bond motifs is 1. The van der Waals surface area contributed by atoms with Gasteiger partial charge in [-0.05, 0) is 18.2 Å². The summed E-state index contributed by atoms with van der Waals surface area (Å²) >= 11 is 11.6. The third kappa shape index (κ3) is 1.19. The first-order valence-corrected chi connectivity index (χ1v) is 4.50. The van der Waals surface area contributed by atoms with Crippen LogP contribution in [-0.2, 0) is 0 Å². The molecule has 0 radical (unpaired) electrons. The molecule has 0 bridgehead atoms. The molecule has 0 atom stereocenters. The number of nitrogens with zero attached hydrogens (tertiary/aromatic N) is 1. The van der Waals surface area contributed by atoms with Gasteiger partial charge in [0.05, 0.1) is 5.52 Å². The topological polar surface area (TPSA) is 4.41 Å². The van der Waals surface area contributed by atoms with Crippen molar-refractivity contribution in [2.45, 2.75) is 4.84 Å². The molecular weight excluding hydrogens is 193 g/mol. The van der Waals surface area contributed by atoms with E-state index in [1.165, 1.54) is 0 Å². The summed E-state index contributed by atoms with van der Waals surface area (Å²) in [6, 6.07) is 7.82. The Morgan fingerprint density at radius 2 is 1.75 bits per heavy atom. The number of hydrogen-bond acceptors (Lipinski definition) is 0. The lowest BCUT2D eigenvalue weighted by Gasteiger charge is -2.03. The minimum absolute atomic E-state index is 0.455. The van der Waals surface area contributed by atoms with Gasteiger partial charge in [-0.2, -0.15) is 0 Å². The van der Waals surface area contributed by atoms with E-state index in [0.29, 0.717) is 0 Å². The van der Waals surface area contributed by atoms with E-state index in [1.807, 2.05) is 41.1 Å². The van der Waals surface area contributed by atoms with Crippen molar-refractivity contribution >= 4 is 28.7 Å². The molecule has 0 aliphatic heterocycles. The van der Waals surface area contributed by atoms with Crippen LogP contribution >= 0.6 is 23.2 Å². The van der Waals surface area contributed by atoms with E-state index < -0.39 is 4.84 Å². The van der Waals surface area contributed by atoms with E-state index in [0.717, 1.165) is 11.1 Å². The summed E-state index contributed by atoms with van der Waals surface area (Å²) in [4.78, 5) is -0.455. The second-order valence-electron chi connectivity index (χ2n) is 2.56. The van der Waals surface area contributed by atoms with Crippen molar-refractivity contribution in [3.05, 3.63) is 42.2 Å². The molecule has 2 aromatic heterocycles. The Kier molecular flexibility index (Phi) is 1.99. The molecule has 2 aromatic rings. The van der Waals surface area contributed by atoms with Gasteiger partial charge in [0.15, 0.2) is 0 Å². The second kappa shape index (κ2) is 3.00. The third-order valence-corrected chi connectivity index (χ3v) is 2.30. The Bertz CT molecular complexity index is 392. The van der Waals surface area contributed by atoms with E-state index in [1.54, 1.807) is 0 Å². The van der Waals surface area contributed by atoms with E-state index in [-0.39, 0.29) is 0 Å². The largest absolute Gasteiger partial charge is 0.324 e. The maximum absolute atomic E-state index is 5.79. The summed E-state index contributed by atoms with van der Waals surface area (Å²) in [7, 11) is 0. The average molecular weight is 200 g/mol. The van der Waals surface area contributed by atoms with Crippen LogP contribution in [0.25, 0.3) is 5.52 Å². The SMILES string of the molecule is ClC(Cl)c1cccn2cccc12. The summed E-state index contributed by atoms with van der Waals surface area (Å²) in [5.74, 6) is 0. The van der Waals surface area contributed by atoms with Gasteiger partial charge in [-0.15, -0.1) is 0 Å². The van der Waals surface area contributed by atoms with Crippen molar-refractivity contribution < 1.29 is 0 Å². The molecule has 0 amide bonds.